The molecule has 0 saturated heterocycles. The Balaban J connectivity index is 3.40. The van der Waals surface area contributed by atoms with Crippen LogP contribution in [-0.2, 0) is 9.53 Å². The summed E-state index contributed by atoms with van der Waals surface area (Å²) in [6.45, 7) is 11.8. The molecule has 0 aliphatic rings. The van der Waals surface area contributed by atoms with Crippen molar-refractivity contribution in [2.24, 2.45) is 11.8 Å². The maximum Gasteiger partial charge on any atom is 0.330 e. The lowest BCUT2D eigenvalue weighted by Crippen LogP contribution is -2.31. The highest BCUT2D eigenvalue weighted by Gasteiger charge is 2.22. The zero-order valence-electron chi connectivity index (χ0n) is 16.6. The SMILES string of the molecule is CC/C(=C\C(=O)OC)c1ccc(N(CC(C)C)CC(C)C)c([N+](=O)[O-])c1. The standard InChI is InChI=1S/C20H30N2O4/c1-7-16(11-20(23)26-6)17-8-9-18(19(10-17)22(24)25)21(12-14(2)3)13-15(4)5/h8-11,14-15H,7,12-13H2,1-6H3/b16-11+. The summed E-state index contributed by atoms with van der Waals surface area (Å²) in [4.78, 5) is 25.0. The van der Waals surface area contributed by atoms with Crippen molar-refractivity contribution in [2.45, 2.75) is 41.0 Å². The van der Waals surface area contributed by atoms with E-state index in [9.17, 15) is 14.9 Å². The van der Waals surface area contributed by atoms with Gasteiger partial charge in [0.15, 0.2) is 0 Å². The molecule has 0 N–H and O–H groups in total. The molecule has 0 fully saturated rings. The largest absolute Gasteiger partial charge is 0.466 e. The number of nitro groups is 1. The Morgan fingerprint density at radius 1 is 1.23 bits per heavy atom. The first-order chi connectivity index (χ1) is 12.2. The molecular weight excluding hydrogens is 332 g/mol. The molecule has 0 aromatic heterocycles. The fourth-order valence-corrected chi connectivity index (χ4v) is 2.88. The van der Waals surface area contributed by atoms with Gasteiger partial charge in [-0.05, 0) is 35.5 Å². The van der Waals surface area contributed by atoms with Gasteiger partial charge in [0.1, 0.15) is 5.69 Å². The Bertz CT molecular complexity index is 656. The summed E-state index contributed by atoms with van der Waals surface area (Å²) >= 11 is 0. The quantitative estimate of drug-likeness (QED) is 0.276. The molecule has 6 heteroatoms. The van der Waals surface area contributed by atoms with Gasteiger partial charge in [0.2, 0.25) is 0 Å². The van der Waals surface area contributed by atoms with Crippen LogP contribution in [-0.4, -0.2) is 31.1 Å². The lowest BCUT2D eigenvalue weighted by atomic mass is 10.0. The van der Waals surface area contributed by atoms with Gasteiger partial charge in [-0.2, -0.15) is 0 Å². The maximum atomic E-state index is 11.7. The predicted molar refractivity (Wildman–Crippen MR) is 105 cm³/mol. The van der Waals surface area contributed by atoms with Crippen LogP contribution in [0.25, 0.3) is 5.57 Å². The van der Waals surface area contributed by atoms with E-state index in [0.29, 0.717) is 35.1 Å². The van der Waals surface area contributed by atoms with E-state index >= 15 is 0 Å². The zero-order valence-corrected chi connectivity index (χ0v) is 16.6. The van der Waals surface area contributed by atoms with Gasteiger partial charge in [-0.15, -0.1) is 0 Å². The molecule has 144 valence electrons. The molecule has 1 aromatic rings. The summed E-state index contributed by atoms with van der Waals surface area (Å²) in [5.41, 5.74) is 2.07. The molecule has 0 saturated carbocycles. The van der Waals surface area contributed by atoms with Gasteiger partial charge in [0.25, 0.3) is 5.69 Å². The van der Waals surface area contributed by atoms with Gasteiger partial charge in [-0.1, -0.05) is 40.7 Å². The van der Waals surface area contributed by atoms with E-state index in [1.807, 2.05) is 13.0 Å². The van der Waals surface area contributed by atoms with Gasteiger partial charge < -0.3 is 9.64 Å². The predicted octanol–water partition coefficient (Wildman–Crippen LogP) is 4.68. The second-order valence-corrected chi connectivity index (χ2v) is 7.20. The Morgan fingerprint density at radius 3 is 2.23 bits per heavy atom. The Labute approximate surface area is 156 Å². The van der Waals surface area contributed by atoms with Crippen LogP contribution in [0.4, 0.5) is 11.4 Å². The fraction of sp³-hybridized carbons (Fsp3) is 0.550. The third-order valence-corrected chi connectivity index (χ3v) is 3.93. The number of carbonyl (C=O) groups is 1. The van der Waals surface area contributed by atoms with Crippen LogP contribution < -0.4 is 4.90 Å². The summed E-state index contributed by atoms with van der Waals surface area (Å²) < 4.78 is 4.67. The van der Waals surface area contributed by atoms with Crippen molar-refractivity contribution < 1.29 is 14.5 Å². The van der Waals surface area contributed by atoms with Crippen molar-refractivity contribution >= 4 is 22.9 Å². The highest BCUT2D eigenvalue weighted by Crippen LogP contribution is 2.33. The monoisotopic (exact) mass is 362 g/mol. The Kier molecular flexibility index (Phi) is 8.29. The van der Waals surface area contributed by atoms with Crippen LogP contribution in [0.2, 0.25) is 0 Å². The Morgan fingerprint density at radius 2 is 1.81 bits per heavy atom. The molecule has 6 nitrogen and oxygen atoms in total. The summed E-state index contributed by atoms with van der Waals surface area (Å²) in [6.07, 6.45) is 1.96. The van der Waals surface area contributed by atoms with Crippen LogP contribution in [0.15, 0.2) is 24.3 Å². The summed E-state index contributed by atoms with van der Waals surface area (Å²) in [5.74, 6) is 0.312. The van der Waals surface area contributed by atoms with Crippen LogP contribution >= 0.6 is 0 Å². The first kappa shape index (κ1) is 21.7. The van der Waals surface area contributed by atoms with E-state index < -0.39 is 5.97 Å². The van der Waals surface area contributed by atoms with E-state index in [1.165, 1.54) is 13.2 Å². The molecule has 0 amide bonds. The molecule has 0 heterocycles. The number of ether oxygens (including phenoxy) is 1. The molecule has 0 aliphatic heterocycles. The lowest BCUT2D eigenvalue weighted by molar-refractivity contribution is -0.384. The van der Waals surface area contributed by atoms with Gasteiger partial charge in [-0.3, -0.25) is 10.1 Å². The fourth-order valence-electron chi connectivity index (χ4n) is 2.88. The molecule has 0 spiro atoms. The van der Waals surface area contributed by atoms with E-state index in [0.717, 1.165) is 13.1 Å². The summed E-state index contributed by atoms with van der Waals surface area (Å²) in [6, 6.07) is 5.19. The van der Waals surface area contributed by atoms with Gasteiger partial charge in [0.05, 0.1) is 12.0 Å². The van der Waals surface area contributed by atoms with E-state index in [4.69, 9.17) is 0 Å². The van der Waals surface area contributed by atoms with Crippen LogP contribution in [0, 0.1) is 22.0 Å². The molecule has 0 aliphatic carbocycles. The second-order valence-electron chi connectivity index (χ2n) is 7.20. The van der Waals surface area contributed by atoms with Crippen molar-refractivity contribution in [2.75, 3.05) is 25.1 Å². The molecule has 0 bridgehead atoms. The second kappa shape index (κ2) is 9.94. The molecule has 0 unspecified atom stereocenters. The number of hydrogen-bond acceptors (Lipinski definition) is 5. The number of anilines is 1. The summed E-state index contributed by atoms with van der Waals surface area (Å²) in [7, 11) is 1.31. The van der Waals surface area contributed by atoms with Crippen LogP contribution in [0.5, 0.6) is 0 Å². The lowest BCUT2D eigenvalue weighted by Gasteiger charge is -2.28. The van der Waals surface area contributed by atoms with Gasteiger partial charge in [-0.25, -0.2) is 4.79 Å². The van der Waals surface area contributed by atoms with E-state index in [2.05, 4.69) is 37.3 Å². The number of hydrogen-bond donors (Lipinski definition) is 0. The molecule has 26 heavy (non-hydrogen) atoms. The first-order valence-corrected chi connectivity index (χ1v) is 9.01. The Hall–Kier alpha value is -2.37. The topological polar surface area (TPSA) is 72.7 Å². The third-order valence-electron chi connectivity index (χ3n) is 3.93. The zero-order chi connectivity index (χ0) is 19.9. The van der Waals surface area contributed by atoms with Crippen molar-refractivity contribution in [3.63, 3.8) is 0 Å². The summed E-state index contributed by atoms with van der Waals surface area (Å²) in [5, 5.41) is 11.7. The minimum Gasteiger partial charge on any atom is -0.466 e. The number of nitrogens with zero attached hydrogens (tertiary/aromatic N) is 2. The van der Waals surface area contributed by atoms with Gasteiger partial charge in [0, 0.05) is 25.2 Å². The number of allylic oxidation sites excluding steroid dienone is 1. The molecule has 0 radical (unpaired) electrons. The average molecular weight is 362 g/mol. The number of methoxy groups -OCH3 is 1. The molecule has 1 rings (SSSR count). The number of nitro benzene ring substituents is 1. The number of carbonyl (C=O) groups excluding carboxylic acids is 1. The van der Waals surface area contributed by atoms with E-state index in [1.54, 1.807) is 12.1 Å². The average Bonchev–Trinajstić information content (AvgIpc) is 2.57. The first-order valence-electron chi connectivity index (χ1n) is 9.01. The minimum atomic E-state index is -0.463. The maximum absolute atomic E-state index is 11.7. The van der Waals surface area contributed by atoms with Crippen molar-refractivity contribution in [3.05, 3.63) is 40.0 Å². The number of benzene rings is 1. The highest BCUT2D eigenvalue weighted by atomic mass is 16.6. The van der Waals surface area contributed by atoms with Crippen molar-refractivity contribution in [3.8, 4) is 0 Å². The van der Waals surface area contributed by atoms with Crippen LogP contribution in [0.3, 0.4) is 0 Å². The normalized spacial score (nSPS) is 11.8. The smallest absolute Gasteiger partial charge is 0.330 e. The van der Waals surface area contributed by atoms with Crippen LogP contribution in [0.1, 0.15) is 46.6 Å². The minimum absolute atomic E-state index is 0.0630. The number of esters is 1. The van der Waals surface area contributed by atoms with Gasteiger partial charge >= 0.3 is 5.97 Å². The van der Waals surface area contributed by atoms with Crippen molar-refractivity contribution in [1.29, 1.82) is 0 Å². The van der Waals surface area contributed by atoms with Crippen molar-refractivity contribution in [1.82, 2.24) is 0 Å². The van der Waals surface area contributed by atoms with E-state index in [-0.39, 0.29) is 10.6 Å². The molecular formula is C20H30N2O4. The molecule has 0 atom stereocenters. The molecule has 1 aromatic carbocycles. The highest BCUT2D eigenvalue weighted by molar-refractivity contribution is 5.91. The number of rotatable bonds is 9. The third kappa shape index (κ3) is 6.17.